The van der Waals surface area contributed by atoms with Crippen molar-refractivity contribution in [1.29, 1.82) is 0 Å². The number of fused-ring (bicyclic) bond motifs is 2. The molecule has 0 aromatic heterocycles. The fraction of sp³-hybridized carbons (Fsp3) is 0.222. The lowest BCUT2D eigenvalue weighted by Crippen LogP contribution is -2.63. The maximum Gasteiger partial charge on any atom is 0.327 e. The molecule has 4 aromatic rings. The van der Waals surface area contributed by atoms with Crippen LogP contribution >= 0.6 is 0 Å². The first-order valence-electron chi connectivity index (χ1n) is 14.8. The molecule has 2 heterocycles. The van der Waals surface area contributed by atoms with Crippen LogP contribution in [-0.2, 0) is 9.59 Å². The van der Waals surface area contributed by atoms with E-state index in [0.717, 1.165) is 22.5 Å². The van der Waals surface area contributed by atoms with E-state index in [2.05, 4.69) is 0 Å². The molecule has 45 heavy (non-hydrogen) atoms. The number of carboxylic acids is 1. The number of amides is 1. The Balaban J connectivity index is 1.35. The summed E-state index contributed by atoms with van der Waals surface area (Å²) in [5, 5.41) is 22.4. The number of aliphatic hydroxyl groups excluding tert-OH is 1. The third-order valence-electron chi connectivity index (χ3n) is 8.52. The van der Waals surface area contributed by atoms with Crippen molar-refractivity contribution in [3.63, 3.8) is 0 Å². The highest BCUT2D eigenvalue weighted by molar-refractivity contribution is 5.92. The molecule has 0 aliphatic carbocycles. The average Bonchev–Trinajstić information content (AvgIpc) is 3.25. The SMILES string of the molecule is COc1ccccc1C(C(=O)N1CCN(C(O)N2c3ccccc3C=Cc3ccccc32)C[C@H]1C(=O)O)c1ccccc1OC. The van der Waals surface area contributed by atoms with E-state index >= 15 is 0 Å². The minimum Gasteiger partial charge on any atom is -0.496 e. The Bertz CT molecular complexity index is 1640. The predicted octanol–water partition coefficient (Wildman–Crippen LogP) is 5.03. The van der Waals surface area contributed by atoms with Crippen LogP contribution < -0.4 is 14.4 Å². The zero-order valence-corrected chi connectivity index (χ0v) is 25.1. The largest absolute Gasteiger partial charge is 0.496 e. The molecular formula is C36H35N3O6. The van der Waals surface area contributed by atoms with Gasteiger partial charge < -0.3 is 29.5 Å². The van der Waals surface area contributed by atoms with Crippen molar-refractivity contribution in [3.8, 4) is 11.5 Å². The van der Waals surface area contributed by atoms with Gasteiger partial charge >= 0.3 is 5.97 Å². The Morgan fingerprint density at radius 3 is 1.73 bits per heavy atom. The first-order chi connectivity index (χ1) is 21.9. The van der Waals surface area contributed by atoms with Crippen LogP contribution in [0.5, 0.6) is 11.5 Å². The van der Waals surface area contributed by atoms with Gasteiger partial charge in [0.15, 0.2) is 6.35 Å². The number of benzene rings is 4. The number of anilines is 2. The van der Waals surface area contributed by atoms with Crippen LogP contribution in [0.25, 0.3) is 12.2 Å². The number of carbonyl (C=O) groups excluding carboxylic acids is 1. The minimum atomic E-state index is -1.22. The van der Waals surface area contributed by atoms with Gasteiger partial charge in [-0.15, -0.1) is 0 Å². The van der Waals surface area contributed by atoms with Gasteiger partial charge in [0.05, 0.1) is 31.5 Å². The number of ether oxygens (including phenoxy) is 2. The van der Waals surface area contributed by atoms with Gasteiger partial charge in [-0.2, -0.15) is 0 Å². The molecule has 1 unspecified atom stereocenters. The van der Waals surface area contributed by atoms with Crippen molar-refractivity contribution in [3.05, 3.63) is 119 Å². The van der Waals surface area contributed by atoms with Gasteiger partial charge in [0.2, 0.25) is 5.91 Å². The Hall–Kier alpha value is -5.12. The molecule has 9 heteroatoms. The number of hydrogen-bond acceptors (Lipinski definition) is 7. The number of nitrogens with zero attached hydrogens (tertiary/aromatic N) is 3. The molecule has 0 saturated carbocycles. The molecule has 2 N–H and O–H groups in total. The number of hydrogen-bond donors (Lipinski definition) is 2. The first kappa shape index (κ1) is 29.9. The van der Waals surface area contributed by atoms with Crippen molar-refractivity contribution < 1.29 is 29.3 Å². The summed E-state index contributed by atoms with van der Waals surface area (Å²) < 4.78 is 11.3. The second kappa shape index (κ2) is 12.9. The number of para-hydroxylation sites is 4. The summed E-state index contributed by atoms with van der Waals surface area (Å²) in [7, 11) is 3.08. The third kappa shape index (κ3) is 5.63. The highest BCUT2D eigenvalue weighted by atomic mass is 16.5. The maximum absolute atomic E-state index is 14.6. The zero-order valence-electron chi connectivity index (χ0n) is 25.1. The van der Waals surface area contributed by atoms with Crippen molar-refractivity contribution >= 4 is 35.4 Å². The van der Waals surface area contributed by atoms with Gasteiger partial charge in [0.1, 0.15) is 17.5 Å². The van der Waals surface area contributed by atoms with Gasteiger partial charge in [-0.1, -0.05) is 84.9 Å². The predicted molar refractivity (Wildman–Crippen MR) is 172 cm³/mol. The topological polar surface area (TPSA) is 103 Å². The molecule has 0 bridgehead atoms. The van der Waals surface area contributed by atoms with Crippen molar-refractivity contribution in [2.24, 2.45) is 0 Å². The molecule has 9 nitrogen and oxygen atoms in total. The van der Waals surface area contributed by atoms with Gasteiger partial charge in [-0.05, 0) is 35.4 Å². The average molecular weight is 606 g/mol. The van der Waals surface area contributed by atoms with Gasteiger partial charge in [0, 0.05) is 30.8 Å². The van der Waals surface area contributed by atoms with Gasteiger partial charge in [0.25, 0.3) is 0 Å². The highest BCUT2D eigenvalue weighted by Gasteiger charge is 2.43. The molecule has 1 fully saturated rings. The van der Waals surface area contributed by atoms with E-state index in [9.17, 15) is 19.8 Å². The molecule has 4 aromatic carbocycles. The summed E-state index contributed by atoms with van der Waals surface area (Å²) in [6.45, 7) is 0.250. The second-order valence-corrected chi connectivity index (χ2v) is 11.0. The molecule has 2 atom stereocenters. The Labute approximate surface area is 262 Å². The van der Waals surface area contributed by atoms with E-state index < -0.39 is 24.3 Å². The van der Waals surface area contributed by atoms with Gasteiger partial charge in [-0.3, -0.25) is 9.69 Å². The monoisotopic (exact) mass is 605 g/mol. The molecule has 230 valence electrons. The summed E-state index contributed by atoms with van der Waals surface area (Å²) in [5.41, 5.74) is 4.64. The smallest absolute Gasteiger partial charge is 0.327 e. The summed E-state index contributed by atoms with van der Waals surface area (Å²) in [5.74, 6) is -1.41. The molecule has 2 aliphatic heterocycles. The van der Waals surface area contributed by atoms with Crippen LogP contribution in [0.15, 0.2) is 97.1 Å². The van der Waals surface area contributed by atoms with E-state index in [-0.39, 0.29) is 25.5 Å². The molecule has 1 saturated heterocycles. The summed E-state index contributed by atoms with van der Waals surface area (Å²) >= 11 is 0. The quantitative estimate of drug-likeness (QED) is 0.288. The molecule has 0 spiro atoms. The second-order valence-electron chi connectivity index (χ2n) is 11.0. The van der Waals surface area contributed by atoms with E-state index in [1.165, 1.54) is 19.1 Å². The van der Waals surface area contributed by atoms with Crippen molar-refractivity contribution in [2.45, 2.75) is 18.3 Å². The zero-order chi connectivity index (χ0) is 31.5. The fourth-order valence-corrected chi connectivity index (χ4v) is 6.32. The standard InChI is InChI=1S/C36H35N3O6/c1-44-31-17-9-5-13-26(31)33(27-14-6-10-18-32(27)45-2)34(40)38-22-21-37(23-30(38)35(41)42)36(43)39-28-15-7-3-11-24(28)19-20-25-12-4-8-16-29(25)39/h3-20,30,33,36,43H,21-23H2,1-2H3,(H,41,42)/t30-,36?/m0/s1. The van der Waals surface area contributed by atoms with E-state index in [1.54, 1.807) is 17.0 Å². The lowest BCUT2D eigenvalue weighted by Gasteiger charge is -2.45. The number of carboxylic acid groups (broad SMARTS) is 1. The molecule has 2 aliphatic rings. The lowest BCUT2D eigenvalue weighted by molar-refractivity contribution is -0.157. The summed E-state index contributed by atoms with van der Waals surface area (Å²) in [6.07, 6.45) is 2.83. The number of methoxy groups -OCH3 is 2. The van der Waals surface area contributed by atoms with Crippen molar-refractivity contribution in [2.75, 3.05) is 38.8 Å². The van der Waals surface area contributed by atoms with E-state index in [4.69, 9.17) is 9.47 Å². The minimum absolute atomic E-state index is 0.0823. The van der Waals surface area contributed by atoms with Crippen LogP contribution in [0.4, 0.5) is 11.4 Å². The first-order valence-corrected chi connectivity index (χ1v) is 14.8. The highest BCUT2D eigenvalue weighted by Crippen LogP contribution is 2.40. The number of piperazine rings is 1. The van der Waals surface area contributed by atoms with E-state index in [0.29, 0.717) is 22.6 Å². The van der Waals surface area contributed by atoms with Crippen LogP contribution in [0.3, 0.4) is 0 Å². The number of aliphatic hydroxyl groups is 1. The maximum atomic E-state index is 14.6. The van der Waals surface area contributed by atoms with E-state index in [1.807, 2.05) is 102 Å². The molecule has 0 radical (unpaired) electrons. The van der Waals surface area contributed by atoms with Crippen molar-refractivity contribution in [1.82, 2.24) is 9.80 Å². The third-order valence-corrected chi connectivity index (χ3v) is 8.52. The molecular weight excluding hydrogens is 570 g/mol. The lowest BCUT2D eigenvalue weighted by atomic mass is 9.87. The Morgan fingerprint density at radius 1 is 0.733 bits per heavy atom. The van der Waals surface area contributed by atoms with Gasteiger partial charge in [-0.25, -0.2) is 4.79 Å². The molecule has 6 rings (SSSR count). The Kier molecular flexibility index (Phi) is 8.55. The number of carbonyl (C=O) groups is 2. The van der Waals surface area contributed by atoms with Crippen LogP contribution in [-0.4, -0.2) is 78.1 Å². The number of aliphatic carboxylic acids is 1. The Morgan fingerprint density at radius 2 is 1.22 bits per heavy atom. The van der Waals surface area contributed by atoms with Crippen LogP contribution in [0.2, 0.25) is 0 Å². The summed E-state index contributed by atoms with van der Waals surface area (Å²) in [4.78, 5) is 32.3. The normalized spacial score (nSPS) is 16.8. The van der Waals surface area contributed by atoms with Crippen LogP contribution in [0, 0.1) is 0 Å². The van der Waals surface area contributed by atoms with Crippen LogP contribution in [0.1, 0.15) is 28.2 Å². The molecule has 1 amide bonds. The number of rotatable bonds is 8. The summed E-state index contributed by atoms with van der Waals surface area (Å²) in [6, 6.07) is 28.8. The fourth-order valence-electron chi connectivity index (χ4n) is 6.32.